The van der Waals surface area contributed by atoms with Crippen LogP contribution < -0.4 is 0 Å². The third kappa shape index (κ3) is 3.21. The summed E-state index contributed by atoms with van der Waals surface area (Å²) in [5, 5.41) is 13.2. The van der Waals surface area contributed by atoms with Gasteiger partial charge in [-0.1, -0.05) is 91.0 Å². The largest absolute Gasteiger partial charge is 0.318 e. The fourth-order valence-electron chi connectivity index (χ4n) is 4.25. The highest BCUT2D eigenvalue weighted by molar-refractivity contribution is 7.14. The van der Waals surface area contributed by atoms with Gasteiger partial charge < -0.3 is 4.57 Å². The molecule has 2 aromatic heterocycles. The first-order valence-corrected chi connectivity index (χ1v) is 11.0. The second-order valence-corrected chi connectivity index (χ2v) is 8.28. The lowest BCUT2D eigenvalue weighted by Gasteiger charge is -2.37. The third-order valence-corrected chi connectivity index (χ3v) is 6.54. The predicted molar refractivity (Wildman–Crippen MR) is 127 cm³/mol. The number of benzene rings is 3. The van der Waals surface area contributed by atoms with Crippen LogP contribution in [-0.4, -0.2) is 14.5 Å². The van der Waals surface area contributed by atoms with Gasteiger partial charge in [0.2, 0.25) is 0 Å². The molecule has 0 unspecified atom stereocenters. The standard InChI is InChI=1S/C26H19N3O2S/c30-29(31)24-16-17-32-25(24)23-18-28(19-27-23)26(20-10-4-1-5-11-20,21-12-6-2-7-13-21)22-14-8-3-9-15-22/h1-19H. The van der Waals surface area contributed by atoms with Crippen LogP contribution in [0, 0.1) is 10.1 Å². The summed E-state index contributed by atoms with van der Waals surface area (Å²) >= 11 is 1.32. The maximum atomic E-state index is 11.5. The number of hydrogen-bond donors (Lipinski definition) is 0. The van der Waals surface area contributed by atoms with E-state index in [1.165, 1.54) is 17.4 Å². The Kier molecular flexibility index (Phi) is 5.13. The number of imidazole rings is 1. The van der Waals surface area contributed by atoms with Crippen molar-refractivity contribution in [3.63, 3.8) is 0 Å². The molecule has 0 atom stereocenters. The van der Waals surface area contributed by atoms with Gasteiger partial charge in [0.25, 0.3) is 5.69 Å². The van der Waals surface area contributed by atoms with Crippen LogP contribution in [0.25, 0.3) is 10.6 Å². The van der Waals surface area contributed by atoms with Gasteiger partial charge in [-0.3, -0.25) is 10.1 Å². The Hall–Kier alpha value is -4.03. The zero-order valence-corrected chi connectivity index (χ0v) is 17.9. The topological polar surface area (TPSA) is 61.0 Å². The van der Waals surface area contributed by atoms with Gasteiger partial charge in [0, 0.05) is 12.3 Å². The van der Waals surface area contributed by atoms with Gasteiger partial charge in [-0.15, -0.1) is 11.3 Å². The van der Waals surface area contributed by atoms with Crippen molar-refractivity contribution in [2.75, 3.05) is 0 Å². The molecule has 0 aliphatic rings. The number of nitrogens with zero attached hydrogens (tertiary/aromatic N) is 3. The molecule has 5 rings (SSSR count). The molecule has 0 amide bonds. The first kappa shape index (κ1) is 19.9. The summed E-state index contributed by atoms with van der Waals surface area (Å²) < 4.78 is 2.06. The van der Waals surface area contributed by atoms with Crippen LogP contribution in [0.2, 0.25) is 0 Å². The quantitative estimate of drug-likeness (QED) is 0.176. The van der Waals surface area contributed by atoms with Crippen molar-refractivity contribution >= 4 is 17.0 Å². The van der Waals surface area contributed by atoms with E-state index >= 15 is 0 Å². The molecule has 0 aliphatic heterocycles. The summed E-state index contributed by atoms with van der Waals surface area (Å²) in [5.74, 6) is 0. The molecule has 0 N–H and O–H groups in total. The fourth-order valence-corrected chi connectivity index (χ4v) is 5.07. The molecule has 5 aromatic rings. The van der Waals surface area contributed by atoms with Crippen LogP contribution in [0.1, 0.15) is 16.7 Å². The minimum Gasteiger partial charge on any atom is -0.318 e. The molecule has 0 radical (unpaired) electrons. The highest BCUT2D eigenvalue weighted by atomic mass is 32.1. The van der Waals surface area contributed by atoms with Crippen molar-refractivity contribution < 1.29 is 4.92 Å². The average molecular weight is 438 g/mol. The number of rotatable bonds is 6. The summed E-state index contributed by atoms with van der Waals surface area (Å²) in [6, 6.07) is 32.3. The van der Waals surface area contributed by atoms with Crippen LogP contribution in [0.15, 0.2) is 115 Å². The van der Waals surface area contributed by atoms with E-state index in [1.54, 1.807) is 11.7 Å². The van der Waals surface area contributed by atoms with Gasteiger partial charge in [-0.2, -0.15) is 0 Å². The van der Waals surface area contributed by atoms with Crippen molar-refractivity contribution in [1.82, 2.24) is 9.55 Å². The number of hydrogen-bond acceptors (Lipinski definition) is 4. The summed E-state index contributed by atoms with van der Waals surface area (Å²) in [6.07, 6.45) is 3.68. The normalized spacial score (nSPS) is 11.4. The maximum absolute atomic E-state index is 11.5. The van der Waals surface area contributed by atoms with Crippen LogP contribution >= 0.6 is 11.3 Å². The first-order chi connectivity index (χ1) is 15.7. The van der Waals surface area contributed by atoms with Crippen LogP contribution in [0.3, 0.4) is 0 Å². The molecule has 2 heterocycles. The van der Waals surface area contributed by atoms with Gasteiger partial charge in [0.15, 0.2) is 0 Å². The van der Waals surface area contributed by atoms with Crippen molar-refractivity contribution in [2.45, 2.75) is 5.54 Å². The molecular formula is C26H19N3O2S. The zero-order chi connectivity index (χ0) is 22.0. The average Bonchev–Trinajstić information content (AvgIpc) is 3.52. The van der Waals surface area contributed by atoms with Crippen molar-refractivity contribution in [3.8, 4) is 10.6 Å². The van der Waals surface area contributed by atoms with Gasteiger partial charge in [-0.25, -0.2) is 4.98 Å². The van der Waals surface area contributed by atoms with Crippen molar-refractivity contribution in [1.29, 1.82) is 0 Å². The Morgan fingerprint density at radius 2 is 1.28 bits per heavy atom. The molecule has 32 heavy (non-hydrogen) atoms. The minimum atomic E-state index is -0.693. The van der Waals surface area contributed by atoms with E-state index < -0.39 is 5.54 Å². The molecule has 0 spiro atoms. The van der Waals surface area contributed by atoms with Crippen molar-refractivity contribution in [2.24, 2.45) is 0 Å². The summed E-state index contributed by atoms with van der Waals surface area (Å²) in [7, 11) is 0. The Morgan fingerprint density at radius 3 is 1.75 bits per heavy atom. The van der Waals surface area contributed by atoms with Crippen LogP contribution in [0.4, 0.5) is 5.69 Å². The Labute approximate surface area is 189 Å². The lowest BCUT2D eigenvalue weighted by Crippen LogP contribution is -2.36. The molecule has 0 fully saturated rings. The molecular weight excluding hydrogens is 418 g/mol. The Morgan fingerprint density at radius 1 is 0.781 bits per heavy atom. The molecule has 0 saturated heterocycles. The van der Waals surface area contributed by atoms with E-state index in [-0.39, 0.29) is 10.6 Å². The highest BCUT2D eigenvalue weighted by Crippen LogP contribution is 2.42. The highest BCUT2D eigenvalue weighted by Gasteiger charge is 2.38. The Balaban J connectivity index is 1.81. The predicted octanol–water partition coefficient (Wildman–Crippen LogP) is 6.36. The Bertz CT molecular complexity index is 1250. The summed E-state index contributed by atoms with van der Waals surface area (Å²) in [6.45, 7) is 0. The van der Waals surface area contributed by atoms with E-state index in [1.807, 2.05) is 60.8 Å². The van der Waals surface area contributed by atoms with E-state index in [4.69, 9.17) is 0 Å². The smallest absolute Gasteiger partial charge is 0.289 e. The number of aromatic nitrogens is 2. The van der Waals surface area contributed by atoms with E-state index in [0.717, 1.165) is 16.7 Å². The summed E-state index contributed by atoms with van der Waals surface area (Å²) in [4.78, 5) is 16.3. The van der Waals surface area contributed by atoms with E-state index in [9.17, 15) is 10.1 Å². The lowest BCUT2D eigenvalue weighted by atomic mass is 9.77. The molecule has 5 nitrogen and oxygen atoms in total. The second kappa shape index (κ2) is 8.24. The number of nitro groups is 1. The molecule has 6 heteroatoms. The van der Waals surface area contributed by atoms with Crippen LogP contribution in [0.5, 0.6) is 0 Å². The second-order valence-electron chi connectivity index (χ2n) is 7.37. The SMILES string of the molecule is O=[N+]([O-])c1ccsc1-c1cn(C(c2ccccc2)(c2ccccc2)c2ccccc2)cn1. The minimum absolute atomic E-state index is 0.0741. The van der Waals surface area contributed by atoms with Gasteiger partial charge >= 0.3 is 0 Å². The molecule has 0 saturated carbocycles. The zero-order valence-electron chi connectivity index (χ0n) is 17.0. The van der Waals surface area contributed by atoms with E-state index in [2.05, 4.69) is 45.9 Å². The third-order valence-electron chi connectivity index (χ3n) is 5.62. The molecule has 0 bridgehead atoms. The van der Waals surface area contributed by atoms with Gasteiger partial charge in [-0.05, 0) is 22.1 Å². The summed E-state index contributed by atoms with van der Waals surface area (Å²) in [5.41, 5.74) is 3.18. The maximum Gasteiger partial charge on any atom is 0.289 e. The molecule has 3 aromatic carbocycles. The first-order valence-electron chi connectivity index (χ1n) is 10.1. The lowest BCUT2D eigenvalue weighted by molar-refractivity contribution is -0.383. The van der Waals surface area contributed by atoms with Gasteiger partial charge in [0.1, 0.15) is 16.1 Å². The monoisotopic (exact) mass is 437 g/mol. The molecule has 0 aliphatic carbocycles. The molecule has 156 valence electrons. The van der Waals surface area contributed by atoms with Crippen molar-refractivity contribution in [3.05, 3.63) is 142 Å². The van der Waals surface area contributed by atoms with E-state index in [0.29, 0.717) is 10.6 Å². The fraction of sp³-hybridized carbons (Fsp3) is 0.0385. The van der Waals surface area contributed by atoms with Crippen LogP contribution in [-0.2, 0) is 5.54 Å². The number of thiophene rings is 1. The van der Waals surface area contributed by atoms with Gasteiger partial charge in [0.05, 0.1) is 11.3 Å².